The van der Waals surface area contributed by atoms with Gasteiger partial charge in [0.05, 0.1) is 36.6 Å². The molecule has 2 atom stereocenters. The van der Waals surface area contributed by atoms with Gasteiger partial charge in [0, 0.05) is 23.5 Å². The van der Waals surface area contributed by atoms with Crippen molar-refractivity contribution in [3.8, 4) is 0 Å². The van der Waals surface area contributed by atoms with Gasteiger partial charge >= 0.3 is 0 Å². The molecule has 0 spiro atoms. The third-order valence-electron chi connectivity index (χ3n) is 5.52. The first-order chi connectivity index (χ1) is 12.4. The van der Waals surface area contributed by atoms with E-state index in [0.717, 1.165) is 22.2 Å². The van der Waals surface area contributed by atoms with Crippen molar-refractivity contribution >= 4 is 16.8 Å². The average molecular weight is 358 g/mol. The number of benzene rings is 1. The van der Waals surface area contributed by atoms with Crippen molar-refractivity contribution in [2.24, 2.45) is 0 Å². The standard InChI is InChI=1S/C19H26N4O3/c1-12-8-26-11-19(10-24,23(12)4)9-20-18(25)15-5-6-17-16(7-15)13(2)14(3)21-22-17/h5-7,12,24H,8-11H2,1-4H3,(H,20,25)/t12-,19+/m1/s1. The fourth-order valence-electron chi connectivity index (χ4n) is 3.30. The minimum Gasteiger partial charge on any atom is -0.394 e. The van der Waals surface area contributed by atoms with Crippen molar-refractivity contribution in [1.29, 1.82) is 0 Å². The Bertz CT molecular complexity index is 826. The number of nitrogens with zero attached hydrogens (tertiary/aromatic N) is 3. The molecule has 1 aromatic heterocycles. The lowest BCUT2D eigenvalue weighted by molar-refractivity contribution is -0.105. The number of morpholine rings is 1. The summed E-state index contributed by atoms with van der Waals surface area (Å²) in [5.74, 6) is -0.180. The van der Waals surface area contributed by atoms with Crippen molar-refractivity contribution in [2.75, 3.05) is 33.4 Å². The van der Waals surface area contributed by atoms with Crippen LogP contribution in [0.2, 0.25) is 0 Å². The monoisotopic (exact) mass is 358 g/mol. The molecule has 0 saturated carbocycles. The number of hydrogen-bond donors (Lipinski definition) is 2. The van der Waals surface area contributed by atoms with Crippen LogP contribution in [-0.2, 0) is 4.74 Å². The number of aromatic nitrogens is 2. The Morgan fingerprint density at radius 2 is 2.19 bits per heavy atom. The second kappa shape index (κ2) is 7.26. The summed E-state index contributed by atoms with van der Waals surface area (Å²) in [4.78, 5) is 14.8. The summed E-state index contributed by atoms with van der Waals surface area (Å²) in [7, 11) is 1.95. The summed E-state index contributed by atoms with van der Waals surface area (Å²) >= 11 is 0. The number of hydrogen-bond acceptors (Lipinski definition) is 6. The summed E-state index contributed by atoms with van der Waals surface area (Å²) in [6, 6.07) is 5.58. The smallest absolute Gasteiger partial charge is 0.251 e. The zero-order valence-corrected chi connectivity index (χ0v) is 15.7. The van der Waals surface area contributed by atoms with E-state index in [9.17, 15) is 9.90 Å². The van der Waals surface area contributed by atoms with E-state index in [0.29, 0.717) is 25.3 Å². The summed E-state index contributed by atoms with van der Waals surface area (Å²) < 4.78 is 5.62. The molecule has 0 radical (unpaired) electrons. The van der Waals surface area contributed by atoms with Crippen LogP contribution in [0, 0.1) is 13.8 Å². The summed E-state index contributed by atoms with van der Waals surface area (Å²) in [5.41, 5.74) is 2.59. The Balaban J connectivity index is 1.79. The van der Waals surface area contributed by atoms with Gasteiger partial charge in [-0.3, -0.25) is 9.69 Å². The van der Waals surface area contributed by atoms with Gasteiger partial charge in [-0.2, -0.15) is 10.2 Å². The van der Waals surface area contributed by atoms with Crippen molar-refractivity contribution in [1.82, 2.24) is 20.4 Å². The molecule has 26 heavy (non-hydrogen) atoms. The number of aryl methyl sites for hydroxylation is 2. The third-order valence-corrected chi connectivity index (χ3v) is 5.52. The van der Waals surface area contributed by atoms with Crippen molar-refractivity contribution in [3.63, 3.8) is 0 Å². The van der Waals surface area contributed by atoms with Crippen LogP contribution < -0.4 is 5.32 Å². The first-order valence-electron chi connectivity index (χ1n) is 8.81. The SMILES string of the molecule is Cc1nnc2ccc(C(=O)NC[C@]3(CO)COC[C@@H](C)N3C)cc2c1C. The Kier molecular flexibility index (Phi) is 5.22. The highest BCUT2D eigenvalue weighted by Gasteiger charge is 2.40. The van der Waals surface area contributed by atoms with E-state index in [4.69, 9.17) is 4.74 Å². The second-order valence-electron chi connectivity index (χ2n) is 7.18. The highest BCUT2D eigenvalue weighted by Crippen LogP contribution is 2.22. The number of likely N-dealkylation sites (N-methyl/N-ethyl adjacent to an activating group) is 1. The molecule has 3 rings (SSSR count). The molecule has 1 amide bonds. The van der Waals surface area contributed by atoms with Crippen LogP contribution in [-0.4, -0.2) is 71.1 Å². The third kappa shape index (κ3) is 3.30. The zero-order valence-electron chi connectivity index (χ0n) is 15.7. The maximum Gasteiger partial charge on any atom is 0.251 e. The van der Waals surface area contributed by atoms with Crippen LogP contribution in [0.15, 0.2) is 18.2 Å². The molecular weight excluding hydrogens is 332 g/mol. The molecule has 140 valence electrons. The second-order valence-corrected chi connectivity index (χ2v) is 7.18. The van der Waals surface area contributed by atoms with E-state index in [2.05, 4.69) is 20.4 Å². The van der Waals surface area contributed by atoms with E-state index in [-0.39, 0.29) is 18.6 Å². The molecular formula is C19H26N4O3. The van der Waals surface area contributed by atoms with Gasteiger partial charge in [0.2, 0.25) is 0 Å². The van der Waals surface area contributed by atoms with Gasteiger partial charge in [-0.05, 0) is 51.6 Å². The highest BCUT2D eigenvalue weighted by atomic mass is 16.5. The lowest BCUT2D eigenvalue weighted by Gasteiger charge is -2.47. The number of rotatable bonds is 4. The first kappa shape index (κ1) is 18.7. The molecule has 2 aromatic rings. The molecule has 0 bridgehead atoms. The predicted octanol–water partition coefficient (Wildman–Crippen LogP) is 1.06. The molecule has 7 nitrogen and oxygen atoms in total. The van der Waals surface area contributed by atoms with Gasteiger partial charge < -0.3 is 15.2 Å². The molecule has 1 fully saturated rings. The van der Waals surface area contributed by atoms with Crippen LogP contribution in [0.25, 0.3) is 10.9 Å². The topological polar surface area (TPSA) is 87.6 Å². The normalized spacial score (nSPS) is 24.0. The zero-order chi connectivity index (χ0) is 18.9. The molecule has 1 aliphatic rings. The van der Waals surface area contributed by atoms with E-state index in [1.54, 1.807) is 6.07 Å². The van der Waals surface area contributed by atoms with Gasteiger partial charge in [-0.25, -0.2) is 0 Å². The molecule has 2 heterocycles. The molecule has 2 N–H and O–H groups in total. The lowest BCUT2D eigenvalue weighted by Crippen LogP contribution is -2.65. The Hall–Kier alpha value is -2.09. The molecule has 7 heteroatoms. The van der Waals surface area contributed by atoms with Crippen LogP contribution >= 0.6 is 0 Å². The fourth-order valence-corrected chi connectivity index (χ4v) is 3.30. The highest BCUT2D eigenvalue weighted by molar-refractivity contribution is 5.98. The number of aliphatic hydroxyl groups excluding tert-OH is 1. The number of nitrogens with one attached hydrogen (secondary N) is 1. The van der Waals surface area contributed by atoms with Gasteiger partial charge in [0.15, 0.2) is 0 Å². The van der Waals surface area contributed by atoms with Gasteiger partial charge in [0.25, 0.3) is 5.91 Å². The molecule has 1 saturated heterocycles. The summed E-state index contributed by atoms with van der Waals surface area (Å²) in [5, 5.41) is 22.1. The van der Waals surface area contributed by atoms with E-state index >= 15 is 0 Å². The lowest BCUT2D eigenvalue weighted by atomic mass is 9.95. The quantitative estimate of drug-likeness (QED) is 0.850. The average Bonchev–Trinajstić information content (AvgIpc) is 2.66. The van der Waals surface area contributed by atoms with Crippen LogP contribution in [0.3, 0.4) is 0 Å². The maximum atomic E-state index is 12.7. The maximum absolute atomic E-state index is 12.7. The molecule has 0 unspecified atom stereocenters. The van der Waals surface area contributed by atoms with E-state index < -0.39 is 5.54 Å². The van der Waals surface area contributed by atoms with Crippen molar-refractivity contribution in [2.45, 2.75) is 32.4 Å². The van der Waals surface area contributed by atoms with Crippen molar-refractivity contribution < 1.29 is 14.6 Å². The Labute approximate surface area is 153 Å². The van der Waals surface area contributed by atoms with E-state index in [1.807, 2.05) is 40.0 Å². The fraction of sp³-hybridized carbons (Fsp3) is 0.526. The van der Waals surface area contributed by atoms with Crippen LogP contribution in [0.4, 0.5) is 0 Å². The Morgan fingerprint density at radius 3 is 2.92 bits per heavy atom. The van der Waals surface area contributed by atoms with Crippen LogP contribution in [0.5, 0.6) is 0 Å². The summed E-state index contributed by atoms with van der Waals surface area (Å²) in [6.07, 6.45) is 0. The largest absolute Gasteiger partial charge is 0.394 e. The minimum atomic E-state index is -0.609. The minimum absolute atomic E-state index is 0.0836. The summed E-state index contributed by atoms with van der Waals surface area (Å²) in [6.45, 7) is 7.16. The number of carbonyl (C=O) groups is 1. The first-order valence-corrected chi connectivity index (χ1v) is 8.81. The van der Waals surface area contributed by atoms with E-state index in [1.165, 1.54) is 0 Å². The number of amides is 1. The molecule has 1 aliphatic heterocycles. The molecule has 0 aliphatic carbocycles. The van der Waals surface area contributed by atoms with Gasteiger partial charge in [-0.1, -0.05) is 0 Å². The number of aliphatic hydroxyl groups is 1. The number of ether oxygens (including phenoxy) is 1. The molecule has 1 aromatic carbocycles. The number of carbonyl (C=O) groups excluding carboxylic acids is 1. The van der Waals surface area contributed by atoms with Crippen LogP contribution in [0.1, 0.15) is 28.5 Å². The van der Waals surface area contributed by atoms with Crippen molar-refractivity contribution in [3.05, 3.63) is 35.0 Å². The predicted molar refractivity (Wildman–Crippen MR) is 99.2 cm³/mol. The van der Waals surface area contributed by atoms with Gasteiger partial charge in [0.1, 0.15) is 0 Å². The number of fused-ring (bicyclic) bond motifs is 1. The van der Waals surface area contributed by atoms with Gasteiger partial charge in [-0.15, -0.1) is 0 Å². The Morgan fingerprint density at radius 1 is 1.42 bits per heavy atom.